The number of nitrogens with one attached hydrogen (secondary N) is 1. The number of nitrogens with zero attached hydrogens (tertiary/aromatic N) is 3. The molecule has 0 bridgehead atoms. The van der Waals surface area contributed by atoms with Crippen molar-refractivity contribution in [3.05, 3.63) is 59.9 Å². The lowest BCUT2D eigenvalue weighted by atomic mass is 10.2. The summed E-state index contributed by atoms with van der Waals surface area (Å²) in [5, 5.41) is 1.13. The lowest BCUT2D eigenvalue weighted by Crippen LogP contribution is -2.50. The van der Waals surface area contributed by atoms with E-state index >= 15 is 0 Å². The van der Waals surface area contributed by atoms with E-state index in [1.807, 2.05) is 40.9 Å². The Morgan fingerprint density at radius 1 is 1.04 bits per heavy atom. The van der Waals surface area contributed by atoms with Gasteiger partial charge >= 0.3 is 0 Å². The van der Waals surface area contributed by atoms with E-state index in [4.69, 9.17) is 0 Å². The molecule has 0 unspecified atom stereocenters. The molecule has 1 aliphatic heterocycles. The molecule has 0 radical (unpaired) electrons. The maximum atomic E-state index is 13.0. The van der Waals surface area contributed by atoms with Gasteiger partial charge in [0.1, 0.15) is 18.8 Å². The zero-order chi connectivity index (χ0) is 17.4. The van der Waals surface area contributed by atoms with Crippen LogP contribution in [0.15, 0.2) is 48.7 Å². The molecule has 1 fully saturated rings. The number of aromatic nitrogens is 2. The molecule has 2 aromatic heterocycles. The van der Waals surface area contributed by atoms with Gasteiger partial charge in [-0.15, -0.1) is 0 Å². The van der Waals surface area contributed by atoms with Gasteiger partial charge < -0.3 is 9.47 Å². The van der Waals surface area contributed by atoms with E-state index in [1.165, 1.54) is 5.56 Å². The van der Waals surface area contributed by atoms with Gasteiger partial charge in [-0.25, -0.2) is 4.98 Å². The number of aromatic amines is 1. The van der Waals surface area contributed by atoms with Crippen LogP contribution in [-0.2, 0) is 7.05 Å². The molecular formula is C20H23N4O+. The Morgan fingerprint density at radius 3 is 2.56 bits per heavy atom. The Hall–Kier alpha value is -2.82. The van der Waals surface area contributed by atoms with Crippen LogP contribution in [-0.4, -0.2) is 41.6 Å². The number of piperazine rings is 1. The molecule has 25 heavy (non-hydrogen) atoms. The number of hydrogen-bond acceptors (Lipinski definition) is 2. The number of carbonyl (C=O) groups is 1. The van der Waals surface area contributed by atoms with Crippen LogP contribution >= 0.6 is 0 Å². The minimum atomic E-state index is 0.119. The number of aryl methyl sites for hydroxylation is 2. The first-order chi connectivity index (χ1) is 12.1. The number of carbonyl (C=O) groups excluding carboxylic acids is 1. The first kappa shape index (κ1) is 15.7. The van der Waals surface area contributed by atoms with E-state index in [9.17, 15) is 4.79 Å². The van der Waals surface area contributed by atoms with Gasteiger partial charge in [0.05, 0.1) is 19.3 Å². The average Bonchev–Trinajstić information content (AvgIpc) is 2.98. The molecule has 0 saturated carbocycles. The van der Waals surface area contributed by atoms with Gasteiger partial charge in [0.25, 0.3) is 11.7 Å². The van der Waals surface area contributed by atoms with E-state index in [0.717, 1.165) is 48.6 Å². The summed E-state index contributed by atoms with van der Waals surface area (Å²) in [6, 6.07) is 14.4. The predicted molar refractivity (Wildman–Crippen MR) is 98.8 cm³/mol. The van der Waals surface area contributed by atoms with Crippen molar-refractivity contribution in [2.24, 2.45) is 7.05 Å². The number of amides is 1. The number of H-pyrrole nitrogens is 1. The monoisotopic (exact) mass is 335 g/mol. The second-order valence-electron chi connectivity index (χ2n) is 6.68. The third-order valence-corrected chi connectivity index (χ3v) is 5.02. The van der Waals surface area contributed by atoms with Crippen molar-refractivity contribution < 1.29 is 9.78 Å². The van der Waals surface area contributed by atoms with Crippen LogP contribution in [0.5, 0.6) is 0 Å². The third kappa shape index (κ3) is 2.86. The van der Waals surface area contributed by atoms with Crippen LogP contribution in [0.25, 0.3) is 10.9 Å². The van der Waals surface area contributed by atoms with E-state index in [1.54, 1.807) is 0 Å². The fraction of sp³-hybridized carbons (Fsp3) is 0.300. The maximum Gasteiger partial charge on any atom is 0.274 e. The standard InChI is InChI=1S/C20H22N4O/c1-15-6-7-17-16(13-15)14-18(22(17)2)20(25)24-11-9-23(10-12-24)19-5-3-4-8-21-19/h3-8,13-14H,9-12H2,1-2H3/p+1. The fourth-order valence-corrected chi connectivity index (χ4v) is 3.57. The van der Waals surface area contributed by atoms with Crippen LogP contribution < -0.4 is 9.88 Å². The van der Waals surface area contributed by atoms with Crippen LogP contribution in [0.2, 0.25) is 0 Å². The first-order valence-corrected chi connectivity index (χ1v) is 8.70. The minimum Gasteiger partial charge on any atom is -0.340 e. The summed E-state index contributed by atoms with van der Waals surface area (Å²) >= 11 is 0. The average molecular weight is 335 g/mol. The minimum absolute atomic E-state index is 0.119. The molecule has 5 heteroatoms. The maximum absolute atomic E-state index is 13.0. The number of pyridine rings is 1. The molecule has 1 saturated heterocycles. The molecule has 1 N–H and O–H groups in total. The molecule has 0 spiro atoms. The van der Waals surface area contributed by atoms with E-state index in [2.05, 4.69) is 41.1 Å². The van der Waals surface area contributed by atoms with E-state index in [-0.39, 0.29) is 5.91 Å². The molecular weight excluding hydrogens is 312 g/mol. The summed E-state index contributed by atoms with van der Waals surface area (Å²) in [4.78, 5) is 20.5. The molecule has 4 rings (SSSR count). The van der Waals surface area contributed by atoms with Gasteiger partial charge in [-0.05, 0) is 31.2 Å². The molecule has 0 atom stereocenters. The second kappa shape index (κ2) is 6.24. The lowest BCUT2D eigenvalue weighted by molar-refractivity contribution is -0.364. The highest BCUT2D eigenvalue weighted by Gasteiger charge is 2.28. The number of rotatable bonds is 2. The highest BCUT2D eigenvalue weighted by atomic mass is 16.2. The number of hydrogen-bond donors (Lipinski definition) is 0. The summed E-state index contributed by atoms with van der Waals surface area (Å²) in [6.45, 7) is 5.24. The third-order valence-electron chi connectivity index (χ3n) is 5.02. The molecule has 1 amide bonds. The van der Waals surface area contributed by atoms with Crippen molar-refractivity contribution in [3.63, 3.8) is 0 Å². The highest BCUT2D eigenvalue weighted by molar-refractivity contribution is 5.99. The molecule has 3 aromatic rings. The molecule has 3 heterocycles. The van der Waals surface area contributed by atoms with Crippen molar-refractivity contribution in [2.45, 2.75) is 6.92 Å². The first-order valence-electron chi connectivity index (χ1n) is 8.70. The molecule has 1 aromatic carbocycles. The zero-order valence-corrected chi connectivity index (χ0v) is 14.7. The summed E-state index contributed by atoms with van der Waals surface area (Å²) in [7, 11) is 1.97. The largest absolute Gasteiger partial charge is 0.340 e. The lowest BCUT2D eigenvalue weighted by Gasteiger charge is -2.31. The Morgan fingerprint density at radius 2 is 1.84 bits per heavy atom. The molecule has 1 aliphatic rings. The van der Waals surface area contributed by atoms with Gasteiger partial charge in [0.2, 0.25) is 0 Å². The topological polar surface area (TPSA) is 42.6 Å². The van der Waals surface area contributed by atoms with E-state index in [0.29, 0.717) is 0 Å². The van der Waals surface area contributed by atoms with E-state index < -0.39 is 0 Å². The van der Waals surface area contributed by atoms with Crippen molar-refractivity contribution >= 4 is 22.6 Å². The summed E-state index contributed by atoms with van der Waals surface area (Å²) in [5.74, 6) is 1.22. The quantitative estimate of drug-likeness (QED) is 0.721. The smallest absolute Gasteiger partial charge is 0.274 e. The highest BCUT2D eigenvalue weighted by Crippen LogP contribution is 2.22. The SMILES string of the molecule is Cc1ccc2c(c1)cc(C(=O)N1CCN(c3cccc[nH+]3)CC1)n2C. The van der Waals surface area contributed by atoms with Gasteiger partial charge in [-0.1, -0.05) is 17.7 Å². The van der Waals surface area contributed by atoms with Gasteiger partial charge in [0.15, 0.2) is 0 Å². The van der Waals surface area contributed by atoms with Crippen LogP contribution in [0.1, 0.15) is 16.1 Å². The normalized spacial score (nSPS) is 15.0. The summed E-state index contributed by atoms with van der Waals surface area (Å²) in [5.41, 5.74) is 3.08. The predicted octanol–water partition coefficient (Wildman–Crippen LogP) is 2.26. The summed E-state index contributed by atoms with van der Waals surface area (Å²) in [6.07, 6.45) is 1.93. The van der Waals surface area contributed by atoms with Crippen molar-refractivity contribution in [1.82, 2.24) is 9.47 Å². The number of benzene rings is 1. The van der Waals surface area contributed by atoms with Crippen LogP contribution in [0.3, 0.4) is 0 Å². The van der Waals surface area contributed by atoms with Crippen molar-refractivity contribution in [3.8, 4) is 0 Å². The second-order valence-corrected chi connectivity index (χ2v) is 6.68. The number of fused-ring (bicyclic) bond motifs is 1. The molecule has 128 valence electrons. The van der Waals surface area contributed by atoms with Crippen LogP contribution in [0.4, 0.5) is 5.82 Å². The Labute approximate surface area is 147 Å². The Balaban J connectivity index is 1.52. The summed E-state index contributed by atoms with van der Waals surface area (Å²) < 4.78 is 2.01. The van der Waals surface area contributed by atoms with Gasteiger partial charge in [-0.2, -0.15) is 0 Å². The zero-order valence-electron chi connectivity index (χ0n) is 14.7. The Bertz CT molecular complexity index is 908. The molecule has 5 nitrogen and oxygen atoms in total. The van der Waals surface area contributed by atoms with Gasteiger partial charge in [0, 0.05) is 24.0 Å². The van der Waals surface area contributed by atoms with Crippen LogP contribution in [0, 0.1) is 6.92 Å². The number of anilines is 1. The van der Waals surface area contributed by atoms with Crippen molar-refractivity contribution in [2.75, 3.05) is 31.1 Å². The van der Waals surface area contributed by atoms with Crippen molar-refractivity contribution in [1.29, 1.82) is 0 Å². The van der Waals surface area contributed by atoms with Gasteiger partial charge in [-0.3, -0.25) is 9.69 Å². The fourth-order valence-electron chi connectivity index (χ4n) is 3.57. The molecule has 0 aliphatic carbocycles. The Kier molecular flexibility index (Phi) is 3.92.